The highest BCUT2D eigenvalue weighted by molar-refractivity contribution is 5.33. The molecule has 1 rings (SSSR count). The van der Waals surface area contributed by atoms with Crippen molar-refractivity contribution in [3.8, 4) is 5.75 Å². The van der Waals surface area contributed by atoms with Gasteiger partial charge in [-0.3, -0.25) is 0 Å². The lowest BCUT2D eigenvalue weighted by Gasteiger charge is -2.27. The fourth-order valence-corrected chi connectivity index (χ4v) is 2.82. The predicted octanol–water partition coefficient (Wildman–Crippen LogP) is 3.71. The van der Waals surface area contributed by atoms with Gasteiger partial charge in [0.2, 0.25) is 0 Å². The molecule has 0 heterocycles. The fourth-order valence-electron chi connectivity index (χ4n) is 2.82. The van der Waals surface area contributed by atoms with Gasteiger partial charge >= 0.3 is 0 Å². The Kier molecular flexibility index (Phi) is 11.5. The minimum absolute atomic E-state index is 0.102. The minimum Gasteiger partial charge on any atom is -0.492 e. The second kappa shape index (κ2) is 13.2. The molecular weight excluding hydrogens is 316 g/mol. The van der Waals surface area contributed by atoms with Gasteiger partial charge in [0.15, 0.2) is 0 Å². The first-order valence-electron chi connectivity index (χ1n) is 9.74. The Labute approximate surface area is 152 Å². The van der Waals surface area contributed by atoms with E-state index in [0.717, 1.165) is 24.2 Å². The molecule has 0 aliphatic heterocycles. The summed E-state index contributed by atoms with van der Waals surface area (Å²) in [5, 5.41) is 28.2. The Bertz CT molecular complexity index is 435. The van der Waals surface area contributed by atoms with E-state index in [2.05, 4.69) is 13.0 Å². The molecule has 0 aromatic heterocycles. The van der Waals surface area contributed by atoms with Crippen molar-refractivity contribution < 1.29 is 20.1 Å². The van der Waals surface area contributed by atoms with Crippen molar-refractivity contribution in [2.45, 2.75) is 64.7 Å². The highest BCUT2D eigenvalue weighted by Crippen LogP contribution is 2.24. The average molecular weight is 353 g/mol. The van der Waals surface area contributed by atoms with Crippen molar-refractivity contribution >= 4 is 0 Å². The van der Waals surface area contributed by atoms with Crippen LogP contribution in [0.2, 0.25) is 0 Å². The summed E-state index contributed by atoms with van der Waals surface area (Å²) < 4.78 is 5.82. The number of benzene rings is 1. The summed E-state index contributed by atoms with van der Waals surface area (Å²) in [5.74, 6) is 0.783. The maximum Gasteiger partial charge on any atom is 0.122 e. The lowest BCUT2D eigenvalue weighted by molar-refractivity contribution is -0.0260. The Hall–Kier alpha value is -1.10. The van der Waals surface area contributed by atoms with Crippen LogP contribution < -0.4 is 4.74 Å². The van der Waals surface area contributed by atoms with Gasteiger partial charge < -0.3 is 20.1 Å². The molecule has 25 heavy (non-hydrogen) atoms. The number of rotatable bonds is 15. The molecule has 4 nitrogen and oxygen atoms in total. The lowest BCUT2D eigenvalue weighted by atomic mass is 9.92. The SMILES string of the molecule is CCCCCCCCCCc1ccccc1OCC(CO)(CO)CO. The first-order chi connectivity index (χ1) is 12.2. The van der Waals surface area contributed by atoms with Gasteiger partial charge in [-0.05, 0) is 24.5 Å². The van der Waals surface area contributed by atoms with Crippen molar-refractivity contribution in [3.05, 3.63) is 29.8 Å². The van der Waals surface area contributed by atoms with E-state index in [1.54, 1.807) is 0 Å². The highest BCUT2D eigenvalue weighted by atomic mass is 16.5. The summed E-state index contributed by atoms with van der Waals surface area (Å²) in [6, 6.07) is 7.90. The van der Waals surface area contributed by atoms with Crippen molar-refractivity contribution in [3.63, 3.8) is 0 Å². The van der Waals surface area contributed by atoms with E-state index in [9.17, 15) is 15.3 Å². The molecular formula is C21H36O4. The van der Waals surface area contributed by atoms with E-state index in [1.807, 2.05) is 18.2 Å². The van der Waals surface area contributed by atoms with Gasteiger partial charge in [-0.2, -0.15) is 0 Å². The molecule has 0 unspecified atom stereocenters. The van der Waals surface area contributed by atoms with Crippen molar-refractivity contribution in [2.75, 3.05) is 26.4 Å². The Morgan fingerprint density at radius 2 is 1.36 bits per heavy atom. The Morgan fingerprint density at radius 3 is 1.96 bits per heavy atom. The molecule has 0 saturated carbocycles. The van der Waals surface area contributed by atoms with Crippen LogP contribution in [0.25, 0.3) is 0 Å². The molecule has 0 bridgehead atoms. The molecule has 0 saturated heterocycles. The fraction of sp³-hybridized carbons (Fsp3) is 0.714. The highest BCUT2D eigenvalue weighted by Gasteiger charge is 2.29. The van der Waals surface area contributed by atoms with Gasteiger partial charge in [-0.15, -0.1) is 0 Å². The van der Waals surface area contributed by atoms with Crippen LogP contribution in [0.5, 0.6) is 5.75 Å². The number of aliphatic hydroxyl groups excluding tert-OH is 3. The van der Waals surface area contributed by atoms with Gasteiger partial charge in [-0.1, -0.05) is 70.1 Å². The molecule has 1 aromatic carbocycles. The first-order valence-corrected chi connectivity index (χ1v) is 9.74. The molecule has 0 spiro atoms. The molecule has 144 valence electrons. The number of ether oxygens (including phenoxy) is 1. The normalized spacial score (nSPS) is 11.7. The topological polar surface area (TPSA) is 69.9 Å². The Morgan fingerprint density at radius 1 is 0.800 bits per heavy atom. The zero-order chi connectivity index (χ0) is 18.4. The summed E-state index contributed by atoms with van der Waals surface area (Å²) in [5.41, 5.74) is 0.155. The maximum atomic E-state index is 9.40. The summed E-state index contributed by atoms with van der Waals surface area (Å²) in [6.45, 7) is 1.43. The van der Waals surface area contributed by atoms with Gasteiger partial charge in [0.25, 0.3) is 0 Å². The van der Waals surface area contributed by atoms with Crippen LogP contribution in [0.3, 0.4) is 0 Å². The van der Waals surface area contributed by atoms with Crippen molar-refractivity contribution in [1.82, 2.24) is 0 Å². The summed E-state index contributed by atoms with van der Waals surface area (Å²) in [6.07, 6.45) is 11.3. The predicted molar refractivity (Wildman–Crippen MR) is 102 cm³/mol. The largest absolute Gasteiger partial charge is 0.492 e. The number of para-hydroxylation sites is 1. The third-order valence-corrected chi connectivity index (χ3v) is 4.81. The summed E-state index contributed by atoms with van der Waals surface area (Å²) in [7, 11) is 0. The molecule has 0 atom stereocenters. The van der Waals surface area contributed by atoms with Gasteiger partial charge in [0.05, 0.1) is 25.2 Å². The van der Waals surface area contributed by atoms with Crippen LogP contribution in [0.15, 0.2) is 24.3 Å². The van der Waals surface area contributed by atoms with Crippen LogP contribution in [0.4, 0.5) is 0 Å². The van der Waals surface area contributed by atoms with Gasteiger partial charge in [0.1, 0.15) is 12.4 Å². The van der Waals surface area contributed by atoms with E-state index in [0.29, 0.717) is 0 Å². The zero-order valence-electron chi connectivity index (χ0n) is 15.8. The number of hydrogen-bond acceptors (Lipinski definition) is 4. The van der Waals surface area contributed by atoms with Gasteiger partial charge in [0, 0.05) is 0 Å². The molecule has 0 amide bonds. The molecule has 3 N–H and O–H groups in total. The Balaban J connectivity index is 2.38. The second-order valence-corrected chi connectivity index (χ2v) is 7.10. The summed E-state index contributed by atoms with van der Waals surface area (Å²) >= 11 is 0. The average Bonchev–Trinajstić information content (AvgIpc) is 2.66. The lowest BCUT2D eigenvalue weighted by Crippen LogP contribution is -2.39. The van der Waals surface area contributed by atoms with E-state index >= 15 is 0 Å². The molecule has 0 aliphatic rings. The van der Waals surface area contributed by atoms with E-state index in [4.69, 9.17) is 4.74 Å². The summed E-state index contributed by atoms with van der Waals surface area (Å²) in [4.78, 5) is 0. The van der Waals surface area contributed by atoms with Gasteiger partial charge in [-0.25, -0.2) is 0 Å². The monoisotopic (exact) mass is 352 g/mol. The van der Waals surface area contributed by atoms with Crippen LogP contribution in [0.1, 0.15) is 63.9 Å². The zero-order valence-corrected chi connectivity index (χ0v) is 15.8. The first kappa shape index (κ1) is 21.9. The number of aryl methyl sites for hydroxylation is 1. The molecule has 0 aliphatic carbocycles. The minimum atomic E-state index is -0.994. The van der Waals surface area contributed by atoms with Crippen LogP contribution in [-0.2, 0) is 6.42 Å². The number of aliphatic hydroxyl groups is 3. The molecule has 1 aromatic rings. The van der Waals surface area contributed by atoms with E-state index < -0.39 is 5.41 Å². The second-order valence-electron chi connectivity index (χ2n) is 7.10. The molecule has 0 radical (unpaired) electrons. The van der Waals surface area contributed by atoms with Crippen LogP contribution >= 0.6 is 0 Å². The maximum absolute atomic E-state index is 9.40. The van der Waals surface area contributed by atoms with Crippen molar-refractivity contribution in [2.24, 2.45) is 5.41 Å². The van der Waals surface area contributed by atoms with Crippen LogP contribution in [0, 0.1) is 5.41 Å². The number of unbranched alkanes of at least 4 members (excludes halogenated alkanes) is 7. The standard InChI is InChI=1S/C21H36O4/c1-2-3-4-5-6-7-8-9-12-19-13-10-11-14-20(19)25-18-21(15-22,16-23)17-24/h10-11,13-14,22-24H,2-9,12,15-18H2,1H3. The van der Waals surface area contributed by atoms with E-state index in [1.165, 1.54) is 44.9 Å². The quantitative estimate of drug-likeness (QED) is 0.421. The molecule has 4 heteroatoms. The van der Waals surface area contributed by atoms with E-state index in [-0.39, 0.29) is 26.4 Å². The third kappa shape index (κ3) is 8.21. The van der Waals surface area contributed by atoms with Crippen molar-refractivity contribution in [1.29, 1.82) is 0 Å². The third-order valence-electron chi connectivity index (χ3n) is 4.81. The smallest absolute Gasteiger partial charge is 0.122 e. The molecule has 0 fully saturated rings. The van der Waals surface area contributed by atoms with Crippen LogP contribution in [-0.4, -0.2) is 41.7 Å². The number of hydrogen-bond donors (Lipinski definition) is 3.